The van der Waals surface area contributed by atoms with Crippen LogP contribution in [-0.2, 0) is 10.0 Å². The van der Waals surface area contributed by atoms with E-state index < -0.39 is 10.0 Å². The van der Waals surface area contributed by atoms with Gasteiger partial charge in [0.1, 0.15) is 5.75 Å². The van der Waals surface area contributed by atoms with Gasteiger partial charge in [0.05, 0.1) is 33.7 Å². The van der Waals surface area contributed by atoms with Crippen LogP contribution in [0.5, 0.6) is 5.75 Å². The number of nitrogens with one attached hydrogen (secondary N) is 3. The molecule has 10 nitrogen and oxygen atoms in total. The highest BCUT2D eigenvalue weighted by atomic mass is 35.5. The Kier molecular flexibility index (Phi) is 7.82. The quantitative estimate of drug-likeness (QED) is 0.273. The molecule has 1 aromatic heterocycles. The average Bonchev–Trinajstić information content (AvgIpc) is 2.95. The molecule has 0 unspecified atom stereocenters. The van der Waals surface area contributed by atoms with Crippen molar-refractivity contribution in [3.05, 3.63) is 77.3 Å². The van der Waals surface area contributed by atoms with Crippen molar-refractivity contribution < 1.29 is 17.9 Å². The molecule has 12 heteroatoms. The number of methoxy groups -OCH3 is 1. The number of piperidine rings is 1. The van der Waals surface area contributed by atoms with Crippen LogP contribution in [0.25, 0.3) is 11.0 Å². The van der Waals surface area contributed by atoms with Gasteiger partial charge in [-0.2, -0.15) is 0 Å². The lowest BCUT2D eigenvalue weighted by molar-refractivity contribution is 0.0750. The Labute approximate surface area is 231 Å². The highest BCUT2D eigenvalue weighted by Crippen LogP contribution is 2.32. The molecule has 39 heavy (non-hydrogen) atoms. The Morgan fingerprint density at radius 1 is 0.923 bits per heavy atom. The molecule has 0 atom stereocenters. The fraction of sp³-hybridized carbons (Fsp3) is 0.222. The van der Waals surface area contributed by atoms with Gasteiger partial charge < -0.3 is 10.1 Å². The summed E-state index contributed by atoms with van der Waals surface area (Å²) in [6, 6.07) is 18.0. The summed E-state index contributed by atoms with van der Waals surface area (Å²) in [5.41, 5.74) is 4.59. The lowest BCUT2D eigenvalue weighted by Gasteiger charge is -2.26. The molecular weight excluding hydrogens is 540 g/mol. The number of hydrogen-bond acceptors (Lipinski definition) is 8. The van der Waals surface area contributed by atoms with Crippen molar-refractivity contribution in [2.75, 3.05) is 30.2 Å². The third-order valence-electron chi connectivity index (χ3n) is 6.25. The standard InChI is InChI=1S/C27H27ClN6O4S/c1-38-19-12-13-21(28)24(17-19)31-25-26(30-23-11-4-3-10-22(23)29-25)33-39(36,37)20-9-7-8-18(16-20)27(35)32-34-14-5-2-6-15-34/h3-4,7-13,16-17H,2,5-6,14-15H2,1H3,(H,29,31)(H,30,33)(H,32,35). The molecule has 5 rings (SSSR count). The molecule has 1 saturated heterocycles. The maximum absolute atomic E-state index is 13.5. The third-order valence-corrected chi connectivity index (χ3v) is 7.92. The van der Waals surface area contributed by atoms with Crippen molar-refractivity contribution in [1.82, 2.24) is 20.4 Å². The van der Waals surface area contributed by atoms with E-state index in [9.17, 15) is 13.2 Å². The number of hydrogen-bond donors (Lipinski definition) is 3. The summed E-state index contributed by atoms with van der Waals surface area (Å²) in [6.45, 7) is 1.53. The van der Waals surface area contributed by atoms with Crippen molar-refractivity contribution in [3.8, 4) is 5.75 Å². The number of carbonyl (C=O) groups excluding carboxylic acids is 1. The van der Waals surface area contributed by atoms with Crippen molar-refractivity contribution in [2.24, 2.45) is 0 Å². The van der Waals surface area contributed by atoms with E-state index in [1.807, 2.05) is 11.1 Å². The topological polar surface area (TPSA) is 126 Å². The number of amides is 1. The maximum atomic E-state index is 13.5. The number of aromatic nitrogens is 2. The number of fused-ring (bicyclic) bond motifs is 1. The first kappa shape index (κ1) is 26.7. The van der Waals surface area contributed by atoms with E-state index in [1.54, 1.807) is 42.5 Å². The lowest BCUT2D eigenvalue weighted by atomic mass is 10.1. The van der Waals surface area contributed by atoms with E-state index in [0.717, 1.165) is 32.4 Å². The van der Waals surface area contributed by atoms with Crippen LogP contribution < -0.4 is 20.2 Å². The Hall–Kier alpha value is -3.93. The molecule has 3 N–H and O–H groups in total. The molecule has 202 valence electrons. The molecule has 0 bridgehead atoms. The molecule has 0 aliphatic carbocycles. The van der Waals surface area contributed by atoms with Gasteiger partial charge in [-0.3, -0.25) is 14.9 Å². The molecule has 3 aromatic carbocycles. The SMILES string of the molecule is COc1ccc(Cl)c(Nc2nc3ccccc3nc2NS(=O)(=O)c2cccc(C(=O)NN3CCCCC3)c2)c1. The highest BCUT2D eigenvalue weighted by Gasteiger charge is 2.22. The number of para-hydroxylation sites is 2. The van der Waals surface area contributed by atoms with Gasteiger partial charge in [-0.1, -0.05) is 36.2 Å². The maximum Gasteiger partial charge on any atom is 0.265 e. The number of ether oxygens (including phenoxy) is 1. The number of benzene rings is 3. The van der Waals surface area contributed by atoms with Gasteiger partial charge in [0.25, 0.3) is 15.9 Å². The van der Waals surface area contributed by atoms with Gasteiger partial charge in [-0.15, -0.1) is 0 Å². The zero-order chi connectivity index (χ0) is 27.4. The van der Waals surface area contributed by atoms with Gasteiger partial charge >= 0.3 is 0 Å². The van der Waals surface area contributed by atoms with Crippen LogP contribution in [0.15, 0.2) is 71.6 Å². The second-order valence-electron chi connectivity index (χ2n) is 9.00. The summed E-state index contributed by atoms with van der Waals surface area (Å²) < 4.78 is 34.8. The average molecular weight is 567 g/mol. The predicted octanol–water partition coefficient (Wildman–Crippen LogP) is 4.97. The molecule has 0 saturated carbocycles. The first-order valence-corrected chi connectivity index (χ1v) is 14.2. The summed E-state index contributed by atoms with van der Waals surface area (Å²) in [5, 5.41) is 5.31. The van der Waals surface area contributed by atoms with Crippen LogP contribution in [0.1, 0.15) is 29.6 Å². The van der Waals surface area contributed by atoms with E-state index in [-0.39, 0.29) is 28.0 Å². The Bertz CT molecular complexity index is 1630. The minimum Gasteiger partial charge on any atom is -0.497 e. The van der Waals surface area contributed by atoms with Gasteiger partial charge in [0.15, 0.2) is 11.6 Å². The first-order valence-electron chi connectivity index (χ1n) is 12.4. The minimum absolute atomic E-state index is 0.0317. The van der Waals surface area contributed by atoms with Gasteiger partial charge in [0.2, 0.25) is 0 Å². The van der Waals surface area contributed by atoms with Crippen LogP contribution >= 0.6 is 11.6 Å². The largest absolute Gasteiger partial charge is 0.497 e. The normalized spacial score (nSPS) is 14.1. The highest BCUT2D eigenvalue weighted by molar-refractivity contribution is 7.92. The number of rotatable bonds is 8. The number of halogens is 1. The fourth-order valence-electron chi connectivity index (χ4n) is 4.22. The van der Waals surface area contributed by atoms with E-state index in [0.29, 0.717) is 27.5 Å². The second kappa shape index (κ2) is 11.4. The fourth-order valence-corrected chi connectivity index (χ4v) is 5.44. The molecule has 1 aliphatic heterocycles. The predicted molar refractivity (Wildman–Crippen MR) is 151 cm³/mol. The minimum atomic E-state index is -4.15. The molecular formula is C27H27ClN6O4S. The van der Waals surface area contributed by atoms with Crippen LogP contribution in [0, 0.1) is 0 Å². The Morgan fingerprint density at radius 2 is 1.64 bits per heavy atom. The summed E-state index contributed by atoms with van der Waals surface area (Å²) in [5.74, 6) is 0.300. The smallest absolute Gasteiger partial charge is 0.265 e. The van der Waals surface area contributed by atoms with Crippen molar-refractivity contribution in [3.63, 3.8) is 0 Å². The number of sulfonamides is 1. The van der Waals surface area contributed by atoms with Crippen molar-refractivity contribution in [1.29, 1.82) is 0 Å². The molecule has 4 aromatic rings. The number of carbonyl (C=O) groups is 1. The summed E-state index contributed by atoms with van der Waals surface area (Å²) in [6.07, 6.45) is 3.13. The van der Waals surface area contributed by atoms with Crippen LogP contribution in [0.2, 0.25) is 5.02 Å². The van der Waals surface area contributed by atoms with E-state index in [2.05, 4.69) is 25.4 Å². The molecule has 1 amide bonds. The van der Waals surface area contributed by atoms with E-state index in [1.165, 1.54) is 25.3 Å². The lowest BCUT2D eigenvalue weighted by Crippen LogP contribution is -2.45. The summed E-state index contributed by atoms with van der Waals surface area (Å²) in [4.78, 5) is 21.8. The van der Waals surface area contributed by atoms with Crippen LogP contribution in [0.3, 0.4) is 0 Å². The van der Waals surface area contributed by atoms with E-state index in [4.69, 9.17) is 16.3 Å². The Morgan fingerprint density at radius 3 is 2.36 bits per heavy atom. The first-order chi connectivity index (χ1) is 18.8. The number of anilines is 3. The molecule has 1 aliphatic rings. The Balaban J connectivity index is 1.46. The third kappa shape index (κ3) is 6.22. The van der Waals surface area contributed by atoms with Gasteiger partial charge in [-0.25, -0.2) is 23.4 Å². The molecule has 2 heterocycles. The van der Waals surface area contributed by atoms with Crippen LogP contribution in [0.4, 0.5) is 17.3 Å². The summed E-state index contributed by atoms with van der Waals surface area (Å²) in [7, 11) is -2.62. The number of nitrogens with zero attached hydrogens (tertiary/aromatic N) is 3. The van der Waals surface area contributed by atoms with Gasteiger partial charge in [-0.05, 0) is 55.3 Å². The van der Waals surface area contributed by atoms with Crippen molar-refractivity contribution >= 4 is 55.9 Å². The number of hydrazine groups is 1. The van der Waals surface area contributed by atoms with Crippen molar-refractivity contribution in [2.45, 2.75) is 24.2 Å². The molecule has 0 radical (unpaired) electrons. The van der Waals surface area contributed by atoms with Gasteiger partial charge in [0, 0.05) is 24.7 Å². The van der Waals surface area contributed by atoms with E-state index >= 15 is 0 Å². The van der Waals surface area contributed by atoms with Crippen LogP contribution in [-0.4, -0.2) is 49.5 Å². The second-order valence-corrected chi connectivity index (χ2v) is 11.1. The monoisotopic (exact) mass is 566 g/mol. The molecule has 0 spiro atoms. The molecule has 1 fully saturated rings. The zero-order valence-corrected chi connectivity index (χ0v) is 22.7. The summed E-state index contributed by atoms with van der Waals surface area (Å²) >= 11 is 6.37. The zero-order valence-electron chi connectivity index (χ0n) is 21.1.